The normalized spacial score (nSPS) is 14.6. The number of halogens is 2. The van der Waals surface area contributed by atoms with E-state index in [1.54, 1.807) is 17.0 Å². The number of carbonyl (C=O) groups is 1. The molecule has 1 saturated heterocycles. The molecule has 0 spiro atoms. The lowest BCUT2D eigenvalue weighted by Crippen LogP contribution is -2.41. The van der Waals surface area contributed by atoms with Gasteiger partial charge < -0.3 is 15.0 Å². The van der Waals surface area contributed by atoms with Crippen molar-refractivity contribution in [2.24, 2.45) is 0 Å². The fourth-order valence-electron chi connectivity index (χ4n) is 2.27. The summed E-state index contributed by atoms with van der Waals surface area (Å²) >= 11 is 0. The van der Waals surface area contributed by atoms with E-state index in [1.165, 1.54) is 12.3 Å². The average Bonchev–Trinajstić information content (AvgIpc) is 2.58. The lowest BCUT2D eigenvalue weighted by molar-refractivity contribution is 0.0299. The Balaban J connectivity index is 1.70. The molecule has 1 aromatic carbocycles. The highest BCUT2D eigenvalue weighted by atomic mass is 19.1. The molecule has 7 heteroatoms. The van der Waals surface area contributed by atoms with E-state index >= 15 is 0 Å². The van der Waals surface area contributed by atoms with E-state index in [0.29, 0.717) is 37.7 Å². The third kappa shape index (κ3) is 3.62. The molecule has 1 fully saturated rings. The molecule has 0 radical (unpaired) electrons. The van der Waals surface area contributed by atoms with Crippen molar-refractivity contribution in [1.82, 2.24) is 9.88 Å². The van der Waals surface area contributed by atoms with Crippen LogP contribution in [-0.2, 0) is 4.74 Å². The number of ether oxygens (including phenoxy) is 1. The summed E-state index contributed by atoms with van der Waals surface area (Å²) in [6.07, 6.45) is 1.44. The predicted molar refractivity (Wildman–Crippen MR) is 80.6 cm³/mol. The van der Waals surface area contributed by atoms with Gasteiger partial charge in [-0.3, -0.25) is 4.79 Å². The Hall–Kier alpha value is -2.54. The molecule has 0 atom stereocenters. The molecular weight excluding hydrogens is 304 g/mol. The molecule has 0 unspecified atom stereocenters. The number of carbonyl (C=O) groups excluding carboxylic acids is 1. The third-order valence-electron chi connectivity index (χ3n) is 3.49. The molecule has 1 amide bonds. The molecule has 1 aliphatic heterocycles. The second-order valence-electron chi connectivity index (χ2n) is 5.09. The van der Waals surface area contributed by atoms with Crippen LogP contribution in [0.1, 0.15) is 10.5 Å². The maximum Gasteiger partial charge on any atom is 0.272 e. The Kier molecular flexibility index (Phi) is 4.47. The molecule has 1 aromatic heterocycles. The molecule has 2 aromatic rings. The van der Waals surface area contributed by atoms with Gasteiger partial charge in [0, 0.05) is 19.2 Å². The molecule has 5 nitrogen and oxygen atoms in total. The topological polar surface area (TPSA) is 54.5 Å². The predicted octanol–water partition coefficient (Wildman–Crippen LogP) is 2.58. The Morgan fingerprint density at radius 1 is 1.17 bits per heavy atom. The smallest absolute Gasteiger partial charge is 0.272 e. The standard InChI is InChI=1S/C16H15F2N3O2/c17-11-1-3-14(13(18)9-11)20-12-2-4-15(19-10-12)16(22)21-5-7-23-8-6-21/h1-4,9-10,20H,5-8H2. The second kappa shape index (κ2) is 6.70. The number of nitrogens with one attached hydrogen (secondary N) is 1. The van der Waals surface area contributed by atoms with E-state index in [2.05, 4.69) is 10.3 Å². The van der Waals surface area contributed by atoms with Gasteiger partial charge in [-0.05, 0) is 24.3 Å². The molecule has 0 bridgehead atoms. The van der Waals surface area contributed by atoms with Crippen LogP contribution in [0.15, 0.2) is 36.5 Å². The van der Waals surface area contributed by atoms with Crippen molar-refractivity contribution in [3.05, 3.63) is 53.9 Å². The minimum absolute atomic E-state index is 0.139. The second-order valence-corrected chi connectivity index (χ2v) is 5.09. The Bertz CT molecular complexity index is 701. The van der Waals surface area contributed by atoms with E-state index < -0.39 is 11.6 Å². The SMILES string of the molecule is O=C(c1ccc(Nc2ccc(F)cc2F)cn1)N1CCOCC1. The number of pyridine rings is 1. The molecule has 3 rings (SSSR count). The van der Waals surface area contributed by atoms with Crippen molar-refractivity contribution in [3.63, 3.8) is 0 Å². The first-order chi connectivity index (χ1) is 11.1. The van der Waals surface area contributed by atoms with Crippen LogP contribution in [0.3, 0.4) is 0 Å². The van der Waals surface area contributed by atoms with Crippen molar-refractivity contribution in [2.45, 2.75) is 0 Å². The van der Waals surface area contributed by atoms with Gasteiger partial charge in [0.25, 0.3) is 5.91 Å². The number of morpholine rings is 1. The van der Waals surface area contributed by atoms with E-state index in [1.807, 2.05) is 0 Å². The summed E-state index contributed by atoms with van der Waals surface area (Å²) in [5, 5.41) is 2.80. The van der Waals surface area contributed by atoms with Crippen LogP contribution < -0.4 is 5.32 Å². The van der Waals surface area contributed by atoms with Crippen LogP contribution in [0.5, 0.6) is 0 Å². The van der Waals surface area contributed by atoms with Gasteiger partial charge in [0.05, 0.1) is 30.8 Å². The average molecular weight is 319 g/mol. The van der Waals surface area contributed by atoms with Crippen molar-refractivity contribution in [1.29, 1.82) is 0 Å². The molecule has 1 N–H and O–H groups in total. The van der Waals surface area contributed by atoms with Crippen LogP contribution in [0, 0.1) is 11.6 Å². The molecule has 120 valence electrons. The minimum atomic E-state index is -0.696. The number of anilines is 2. The first-order valence-electron chi connectivity index (χ1n) is 7.18. The zero-order chi connectivity index (χ0) is 16.2. The monoisotopic (exact) mass is 319 g/mol. The van der Waals surface area contributed by atoms with Crippen LogP contribution in [0.4, 0.5) is 20.2 Å². The Morgan fingerprint density at radius 2 is 1.96 bits per heavy atom. The summed E-state index contributed by atoms with van der Waals surface area (Å²) in [7, 11) is 0. The highest BCUT2D eigenvalue weighted by Gasteiger charge is 2.19. The number of rotatable bonds is 3. The highest BCUT2D eigenvalue weighted by molar-refractivity contribution is 5.92. The maximum atomic E-state index is 13.6. The summed E-state index contributed by atoms with van der Waals surface area (Å²) < 4.78 is 31.7. The quantitative estimate of drug-likeness (QED) is 0.945. The molecular formula is C16H15F2N3O2. The lowest BCUT2D eigenvalue weighted by Gasteiger charge is -2.26. The van der Waals surface area contributed by atoms with Crippen molar-refractivity contribution in [3.8, 4) is 0 Å². The first-order valence-corrected chi connectivity index (χ1v) is 7.18. The third-order valence-corrected chi connectivity index (χ3v) is 3.49. The van der Waals surface area contributed by atoms with Crippen molar-refractivity contribution < 1.29 is 18.3 Å². The summed E-state index contributed by atoms with van der Waals surface area (Å²) in [6, 6.07) is 6.46. The van der Waals surface area contributed by atoms with Crippen LogP contribution >= 0.6 is 0 Å². The zero-order valence-corrected chi connectivity index (χ0v) is 12.3. The Labute approximate surface area is 131 Å². The van der Waals surface area contributed by atoms with Crippen molar-refractivity contribution in [2.75, 3.05) is 31.6 Å². The number of hydrogen-bond donors (Lipinski definition) is 1. The van der Waals surface area contributed by atoms with Gasteiger partial charge in [-0.1, -0.05) is 0 Å². The Morgan fingerprint density at radius 3 is 2.61 bits per heavy atom. The van der Waals surface area contributed by atoms with Crippen LogP contribution in [0.25, 0.3) is 0 Å². The summed E-state index contributed by atoms with van der Waals surface area (Å²) in [4.78, 5) is 18.0. The molecule has 0 aliphatic carbocycles. The van der Waals surface area contributed by atoms with Gasteiger partial charge in [-0.25, -0.2) is 13.8 Å². The number of nitrogens with zero attached hydrogens (tertiary/aromatic N) is 2. The van der Waals surface area contributed by atoms with Gasteiger partial charge in [-0.15, -0.1) is 0 Å². The summed E-state index contributed by atoms with van der Waals surface area (Å²) in [5.74, 6) is -1.50. The van der Waals surface area contributed by atoms with Gasteiger partial charge in [0.15, 0.2) is 0 Å². The fraction of sp³-hybridized carbons (Fsp3) is 0.250. The molecule has 2 heterocycles. The number of aromatic nitrogens is 1. The number of hydrogen-bond acceptors (Lipinski definition) is 4. The summed E-state index contributed by atoms with van der Waals surface area (Å²) in [6.45, 7) is 2.13. The van der Waals surface area contributed by atoms with E-state index in [4.69, 9.17) is 4.74 Å². The molecule has 1 aliphatic rings. The minimum Gasteiger partial charge on any atom is -0.378 e. The zero-order valence-electron chi connectivity index (χ0n) is 12.3. The van der Waals surface area contributed by atoms with E-state index in [-0.39, 0.29) is 11.6 Å². The number of benzene rings is 1. The maximum absolute atomic E-state index is 13.6. The molecule has 23 heavy (non-hydrogen) atoms. The van der Waals surface area contributed by atoms with Gasteiger partial charge in [-0.2, -0.15) is 0 Å². The highest BCUT2D eigenvalue weighted by Crippen LogP contribution is 2.20. The first kappa shape index (κ1) is 15.4. The van der Waals surface area contributed by atoms with Gasteiger partial charge in [0.1, 0.15) is 17.3 Å². The molecule has 0 saturated carbocycles. The fourth-order valence-corrected chi connectivity index (χ4v) is 2.27. The van der Waals surface area contributed by atoms with Gasteiger partial charge in [0.2, 0.25) is 0 Å². The van der Waals surface area contributed by atoms with E-state index in [0.717, 1.165) is 12.1 Å². The largest absolute Gasteiger partial charge is 0.378 e. The van der Waals surface area contributed by atoms with E-state index in [9.17, 15) is 13.6 Å². The number of amides is 1. The van der Waals surface area contributed by atoms with Gasteiger partial charge >= 0.3 is 0 Å². The van der Waals surface area contributed by atoms with Crippen LogP contribution in [-0.4, -0.2) is 42.1 Å². The van der Waals surface area contributed by atoms with Crippen molar-refractivity contribution >= 4 is 17.3 Å². The summed E-state index contributed by atoms with van der Waals surface area (Å²) in [5.41, 5.74) is 0.964. The van der Waals surface area contributed by atoms with Crippen LogP contribution in [0.2, 0.25) is 0 Å². The lowest BCUT2D eigenvalue weighted by atomic mass is 10.2.